The molecule has 0 unspecified atom stereocenters. The van der Waals surface area contributed by atoms with Crippen LogP contribution in [0.3, 0.4) is 0 Å². The van der Waals surface area contributed by atoms with E-state index in [1.807, 2.05) is 0 Å². The van der Waals surface area contributed by atoms with E-state index in [0.29, 0.717) is 11.5 Å². The van der Waals surface area contributed by atoms with Crippen molar-refractivity contribution in [3.63, 3.8) is 0 Å². The van der Waals surface area contributed by atoms with Crippen LogP contribution in [0.4, 0.5) is 11.7 Å². The van der Waals surface area contributed by atoms with Crippen LogP contribution in [0, 0.1) is 6.92 Å². The summed E-state index contributed by atoms with van der Waals surface area (Å²) in [4.78, 5) is 18.0. The standard InChI is InChI=1S/C15H13ClN4O4S2/c1-9-12(16)14(24-18-9)19-26(22,23)10-6-8-25-13(10)15(21)20(2)11-5-3-4-7-17-11/h3-8,19H,1-2H3. The predicted molar refractivity (Wildman–Crippen MR) is 98.3 cm³/mol. The number of halogens is 1. The number of pyridine rings is 1. The number of amides is 1. The Morgan fingerprint density at radius 1 is 1.35 bits per heavy atom. The molecule has 1 N–H and O–H groups in total. The minimum absolute atomic E-state index is 0.0398. The number of hydrogen-bond acceptors (Lipinski definition) is 7. The Balaban J connectivity index is 1.92. The SMILES string of the molecule is Cc1noc(NS(=O)(=O)c2ccsc2C(=O)N(C)c2ccccn2)c1Cl. The molecule has 11 heteroatoms. The van der Waals surface area contributed by atoms with E-state index in [9.17, 15) is 13.2 Å². The zero-order valence-electron chi connectivity index (χ0n) is 13.6. The number of carbonyl (C=O) groups is 1. The van der Waals surface area contributed by atoms with Gasteiger partial charge in [-0.1, -0.05) is 22.8 Å². The van der Waals surface area contributed by atoms with Crippen molar-refractivity contribution in [3.8, 4) is 0 Å². The third-order valence-corrected chi connectivity index (χ3v) is 6.28. The van der Waals surface area contributed by atoms with Gasteiger partial charge in [-0.15, -0.1) is 11.3 Å². The minimum atomic E-state index is -4.10. The fraction of sp³-hybridized carbons (Fsp3) is 0.133. The highest BCUT2D eigenvalue weighted by molar-refractivity contribution is 7.93. The summed E-state index contributed by atoms with van der Waals surface area (Å²) in [5.74, 6) is -0.304. The molecular formula is C15H13ClN4O4S2. The average molecular weight is 413 g/mol. The summed E-state index contributed by atoms with van der Waals surface area (Å²) in [5.41, 5.74) is 0.348. The monoisotopic (exact) mass is 412 g/mol. The van der Waals surface area contributed by atoms with E-state index < -0.39 is 15.9 Å². The van der Waals surface area contributed by atoms with Crippen LogP contribution < -0.4 is 9.62 Å². The molecule has 0 aliphatic carbocycles. The molecular weight excluding hydrogens is 400 g/mol. The normalized spacial score (nSPS) is 11.3. The molecule has 0 radical (unpaired) electrons. The number of sulfonamides is 1. The Morgan fingerprint density at radius 3 is 2.73 bits per heavy atom. The van der Waals surface area contributed by atoms with Gasteiger partial charge in [0.25, 0.3) is 21.8 Å². The molecule has 0 spiro atoms. The summed E-state index contributed by atoms with van der Waals surface area (Å²) in [6.07, 6.45) is 1.54. The summed E-state index contributed by atoms with van der Waals surface area (Å²) in [6.45, 7) is 1.57. The fourth-order valence-electron chi connectivity index (χ4n) is 2.07. The number of aryl methyl sites for hydroxylation is 1. The van der Waals surface area contributed by atoms with Gasteiger partial charge in [-0.25, -0.2) is 18.1 Å². The van der Waals surface area contributed by atoms with Gasteiger partial charge >= 0.3 is 0 Å². The molecule has 3 aromatic rings. The molecule has 0 atom stereocenters. The van der Waals surface area contributed by atoms with E-state index >= 15 is 0 Å². The number of anilines is 2. The summed E-state index contributed by atoms with van der Waals surface area (Å²) in [5, 5.41) is 5.17. The Kier molecular flexibility index (Phi) is 4.99. The van der Waals surface area contributed by atoms with Crippen LogP contribution in [0.15, 0.2) is 45.3 Å². The summed E-state index contributed by atoms with van der Waals surface area (Å²) in [6, 6.07) is 6.43. The number of hydrogen-bond donors (Lipinski definition) is 1. The maximum Gasteiger partial charge on any atom is 0.270 e. The molecule has 3 aromatic heterocycles. The average Bonchev–Trinajstić information content (AvgIpc) is 3.24. The molecule has 8 nitrogen and oxygen atoms in total. The van der Waals surface area contributed by atoms with Gasteiger partial charge in [-0.3, -0.25) is 9.69 Å². The van der Waals surface area contributed by atoms with Gasteiger partial charge in [0, 0.05) is 13.2 Å². The maximum atomic E-state index is 12.7. The first-order chi connectivity index (χ1) is 12.3. The van der Waals surface area contributed by atoms with Crippen molar-refractivity contribution in [1.82, 2.24) is 10.1 Å². The number of nitrogens with zero attached hydrogens (tertiary/aromatic N) is 3. The summed E-state index contributed by atoms with van der Waals surface area (Å²) >= 11 is 6.96. The van der Waals surface area contributed by atoms with Gasteiger partial charge in [-0.05, 0) is 30.5 Å². The number of nitrogens with one attached hydrogen (secondary N) is 1. The first-order valence-electron chi connectivity index (χ1n) is 7.22. The van der Waals surface area contributed by atoms with Crippen molar-refractivity contribution in [2.24, 2.45) is 0 Å². The maximum absolute atomic E-state index is 12.7. The first kappa shape index (κ1) is 18.4. The van der Waals surface area contributed by atoms with E-state index in [1.54, 1.807) is 31.3 Å². The molecule has 0 bridgehead atoms. The van der Waals surface area contributed by atoms with E-state index in [4.69, 9.17) is 16.1 Å². The quantitative estimate of drug-likeness (QED) is 0.689. The van der Waals surface area contributed by atoms with Crippen molar-refractivity contribution < 1.29 is 17.7 Å². The molecule has 26 heavy (non-hydrogen) atoms. The Hall–Kier alpha value is -2.43. The van der Waals surface area contributed by atoms with Gasteiger partial charge in [0.1, 0.15) is 26.3 Å². The van der Waals surface area contributed by atoms with Crippen LogP contribution in [-0.2, 0) is 10.0 Å². The third kappa shape index (κ3) is 3.43. The molecule has 3 rings (SSSR count). The van der Waals surface area contributed by atoms with E-state index in [0.717, 1.165) is 11.3 Å². The lowest BCUT2D eigenvalue weighted by Gasteiger charge is -2.16. The van der Waals surface area contributed by atoms with Crippen molar-refractivity contribution >= 4 is 50.6 Å². The van der Waals surface area contributed by atoms with Gasteiger partial charge in [0.05, 0.1) is 0 Å². The van der Waals surface area contributed by atoms with E-state index in [1.165, 1.54) is 23.4 Å². The summed E-state index contributed by atoms with van der Waals surface area (Å²) < 4.78 is 32.4. The first-order valence-corrected chi connectivity index (χ1v) is 9.96. The van der Waals surface area contributed by atoms with Crippen LogP contribution in [0.5, 0.6) is 0 Å². The highest BCUT2D eigenvalue weighted by Crippen LogP contribution is 2.30. The smallest absolute Gasteiger partial charge is 0.270 e. The van der Waals surface area contributed by atoms with Gasteiger partial charge in [0.15, 0.2) is 0 Å². The second kappa shape index (κ2) is 7.06. The molecule has 0 aliphatic rings. The molecule has 1 amide bonds. The third-order valence-electron chi connectivity index (χ3n) is 3.43. The Labute approximate surface area is 158 Å². The van der Waals surface area contributed by atoms with Crippen LogP contribution in [0.1, 0.15) is 15.4 Å². The van der Waals surface area contributed by atoms with Crippen molar-refractivity contribution in [3.05, 3.63) is 51.4 Å². The van der Waals surface area contributed by atoms with Crippen molar-refractivity contribution in [2.45, 2.75) is 11.8 Å². The molecule has 0 aromatic carbocycles. The van der Waals surface area contributed by atoms with Crippen molar-refractivity contribution in [2.75, 3.05) is 16.7 Å². The second-order valence-electron chi connectivity index (χ2n) is 5.18. The van der Waals surface area contributed by atoms with Crippen molar-refractivity contribution in [1.29, 1.82) is 0 Å². The Morgan fingerprint density at radius 2 is 2.12 bits per heavy atom. The predicted octanol–water partition coefficient (Wildman–Crippen LogP) is 3.17. The fourth-order valence-corrected chi connectivity index (χ4v) is 4.64. The zero-order valence-corrected chi connectivity index (χ0v) is 16.0. The van der Waals surface area contributed by atoms with Gasteiger partial charge < -0.3 is 4.52 Å². The van der Waals surface area contributed by atoms with Crippen LogP contribution >= 0.6 is 22.9 Å². The minimum Gasteiger partial charge on any atom is -0.336 e. The van der Waals surface area contributed by atoms with Crippen LogP contribution in [0.25, 0.3) is 0 Å². The lowest BCUT2D eigenvalue weighted by Crippen LogP contribution is -2.28. The topological polar surface area (TPSA) is 105 Å². The lowest BCUT2D eigenvalue weighted by molar-refractivity contribution is 0.0993. The number of rotatable bonds is 5. The molecule has 0 saturated carbocycles. The molecule has 0 saturated heterocycles. The Bertz CT molecular complexity index is 1050. The molecule has 0 fully saturated rings. The number of carbonyl (C=O) groups excluding carboxylic acids is 1. The van der Waals surface area contributed by atoms with Crippen LogP contribution in [0.2, 0.25) is 5.02 Å². The summed E-state index contributed by atoms with van der Waals surface area (Å²) in [7, 11) is -2.58. The molecule has 0 aliphatic heterocycles. The zero-order chi connectivity index (χ0) is 18.9. The number of thiophene rings is 1. The van der Waals surface area contributed by atoms with E-state index in [2.05, 4.69) is 14.9 Å². The number of aromatic nitrogens is 2. The van der Waals surface area contributed by atoms with Gasteiger partial charge in [0.2, 0.25) is 0 Å². The van der Waals surface area contributed by atoms with Crippen LogP contribution in [-0.4, -0.2) is 31.5 Å². The lowest BCUT2D eigenvalue weighted by atomic mass is 10.4. The highest BCUT2D eigenvalue weighted by Gasteiger charge is 2.28. The molecule has 3 heterocycles. The largest absolute Gasteiger partial charge is 0.336 e. The highest BCUT2D eigenvalue weighted by atomic mass is 35.5. The van der Waals surface area contributed by atoms with E-state index in [-0.39, 0.29) is 20.7 Å². The molecule has 136 valence electrons. The second-order valence-corrected chi connectivity index (χ2v) is 8.13. The van der Waals surface area contributed by atoms with Gasteiger partial charge in [-0.2, -0.15) is 0 Å².